The highest BCUT2D eigenvalue weighted by molar-refractivity contribution is 5.96. The maximum atomic E-state index is 13.8. The summed E-state index contributed by atoms with van der Waals surface area (Å²) in [7, 11) is 0. The molecule has 1 atom stereocenters. The molecule has 0 unspecified atom stereocenters. The molecule has 0 bridgehead atoms. The number of anilines is 1. The van der Waals surface area contributed by atoms with Crippen LogP contribution in [0.5, 0.6) is 0 Å². The number of likely N-dealkylation sites (tertiary alicyclic amines) is 2. The lowest BCUT2D eigenvalue weighted by molar-refractivity contribution is -0.139. The molecule has 2 aliphatic heterocycles. The molecule has 4 rings (SSSR count). The molecule has 1 N–H and O–H groups in total. The summed E-state index contributed by atoms with van der Waals surface area (Å²) in [5, 5.41) is 2.90. The second kappa shape index (κ2) is 10.9. The summed E-state index contributed by atoms with van der Waals surface area (Å²) in [4.78, 5) is 41.8. The molecule has 0 radical (unpaired) electrons. The quantitative estimate of drug-likeness (QED) is 0.548. The van der Waals surface area contributed by atoms with Crippen molar-refractivity contribution in [2.75, 3.05) is 31.5 Å². The number of ketones is 1. The fraction of sp³-hybridized carbons (Fsp3) is 0.483. The van der Waals surface area contributed by atoms with E-state index in [-0.39, 0.29) is 36.0 Å². The molecule has 2 aromatic rings. The Labute approximate surface area is 212 Å². The van der Waals surface area contributed by atoms with E-state index >= 15 is 0 Å². The fourth-order valence-electron chi connectivity index (χ4n) is 5.61. The maximum absolute atomic E-state index is 13.8. The molecule has 36 heavy (non-hydrogen) atoms. The molecule has 2 amide bonds. The molecule has 2 fully saturated rings. The van der Waals surface area contributed by atoms with Crippen molar-refractivity contribution in [2.45, 2.75) is 52.5 Å². The third-order valence-corrected chi connectivity index (χ3v) is 7.46. The average molecular weight is 494 g/mol. The van der Waals surface area contributed by atoms with Gasteiger partial charge in [0.1, 0.15) is 5.82 Å². The summed E-state index contributed by atoms with van der Waals surface area (Å²) in [5.74, 6) is 0.203. The van der Waals surface area contributed by atoms with Gasteiger partial charge in [-0.05, 0) is 93.6 Å². The maximum Gasteiger partial charge on any atom is 0.238 e. The predicted octanol–water partition coefficient (Wildman–Crippen LogP) is 4.55. The number of hydrogen-bond donors (Lipinski definition) is 1. The lowest BCUT2D eigenvalue weighted by Gasteiger charge is -2.37. The number of halogens is 1. The number of nitrogens with one attached hydrogen (secondary N) is 1. The number of carbonyl (C=O) groups is 3. The van der Waals surface area contributed by atoms with Gasteiger partial charge in [-0.25, -0.2) is 4.39 Å². The normalized spacial score (nSPS) is 19.8. The van der Waals surface area contributed by atoms with Gasteiger partial charge in [0.15, 0.2) is 5.78 Å². The molecule has 2 heterocycles. The van der Waals surface area contributed by atoms with Crippen molar-refractivity contribution in [3.8, 4) is 0 Å². The lowest BCUT2D eigenvalue weighted by atomic mass is 9.75. The molecular formula is C29H36FN3O3. The van der Waals surface area contributed by atoms with E-state index in [1.165, 1.54) is 13.0 Å². The minimum absolute atomic E-state index is 0.0123. The molecule has 0 aliphatic carbocycles. The standard InChI is InChI=1S/C29H36FN3O3/c1-20(2)18-33-26(16-22-5-4-6-24(30)15-22)17-29(28(33)36)11-13-32(14-12-29)19-27(35)31-25-9-7-23(8-10-25)21(3)34/h4-10,15,20,26H,11-14,16-19H2,1-3H3,(H,31,35)/t26-/m1/s1. The predicted molar refractivity (Wildman–Crippen MR) is 138 cm³/mol. The van der Waals surface area contributed by atoms with Gasteiger partial charge >= 0.3 is 0 Å². The number of amides is 2. The number of nitrogens with zero attached hydrogens (tertiary/aromatic N) is 2. The Bertz CT molecular complexity index is 1110. The zero-order valence-corrected chi connectivity index (χ0v) is 21.4. The zero-order chi connectivity index (χ0) is 25.9. The van der Waals surface area contributed by atoms with Crippen LogP contribution in [0.1, 0.15) is 56.0 Å². The first-order chi connectivity index (χ1) is 17.1. The molecule has 192 valence electrons. The molecule has 2 saturated heterocycles. The number of piperidine rings is 1. The molecule has 6 nitrogen and oxygen atoms in total. The van der Waals surface area contributed by atoms with E-state index < -0.39 is 5.41 Å². The van der Waals surface area contributed by atoms with Crippen LogP contribution in [0, 0.1) is 17.2 Å². The van der Waals surface area contributed by atoms with Crippen molar-refractivity contribution in [2.24, 2.45) is 11.3 Å². The SMILES string of the molecule is CC(=O)c1ccc(NC(=O)CN2CCC3(CC2)C[C@@H](Cc2cccc(F)c2)N(CC(C)C)C3=O)cc1. The van der Waals surface area contributed by atoms with E-state index in [9.17, 15) is 18.8 Å². The van der Waals surface area contributed by atoms with E-state index in [2.05, 4.69) is 24.1 Å². The van der Waals surface area contributed by atoms with Gasteiger partial charge in [0.2, 0.25) is 11.8 Å². The Balaban J connectivity index is 1.36. The number of hydrogen-bond acceptors (Lipinski definition) is 4. The molecular weight excluding hydrogens is 457 g/mol. The van der Waals surface area contributed by atoms with Gasteiger partial charge in [-0.3, -0.25) is 19.3 Å². The first-order valence-corrected chi connectivity index (χ1v) is 12.8. The van der Waals surface area contributed by atoms with Crippen molar-refractivity contribution in [1.82, 2.24) is 9.80 Å². The van der Waals surface area contributed by atoms with Gasteiger partial charge in [-0.15, -0.1) is 0 Å². The smallest absolute Gasteiger partial charge is 0.238 e. The van der Waals surface area contributed by atoms with Crippen LogP contribution in [0.15, 0.2) is 48.5 Å². The second-order valence-corrected chi connectivity index (χ2v) is 10.8. The molecule has 0 saturated carbocycles. The largest absolute Gasteiger partial charge is 0.339 e. The first kappa shape index (κ1) is 26.0. The summed E-state index contributed by atoms with van der Waals surface area (Å²) in [6.45, 7) is 8.09. The third kappa shape index (κ3) is 6.01. The number of benzene rings is 2. The van der Waals surface area contributed by atoms with Crippen LogP contribution in [-0.4, -0.2) is 59.6 Å². The summed E-state index contributed by atoms with van der Waals surface area (Å²) >= 11 is 0. The Hall–Kier alpha value is -3.06. The second-order valence-electron chi connectivity index (χ2n) is 10.8. The Morgan fingerprint density at radius 3 is 2.42 bits per heavy atom. The van der Waals surface area contributed by atoms with Gasteiger partial charge < -0.3 is 10.2 Å². The Morgan fingerprint density at radius 1 is 1.11 bits per heavy atom. The third-order valence-electron chi connectivity index (χ3n) is 7.46. The fourth-order valence-corrected chi connectivity index (χ4v) is 5.61. The molecule has 2 aromatic carbocycles. The van der Waals surface area contributed by atoms with Crippen LogP contribution in [0.3, 0.4) is 0 Å². The van der Waals surface area contributed by atoms with E-state index in [1.54, 1.807) is 36.4 Å². The van der Waals surface area contributed by atoms with Crippen molar-refractivity contribution in [1.29, 1.82) is 0 Å². The van der Waals surface area contributed by atoms with E-state index in [1.807, 2.05) is 11.0 Å². The summed E-state index contributed by atoms with van der Waals surface area (Å²) in [6.07, 6.45) is 2.88. The van der Waals surface area contributed by atoms with E-state index in [0.29, 0.717) is 43.2 Å². The summed E-state index contributed by atoms with van der Waals surface area (Å²) in [5.41, 5.74) is 1.79. The highest BCUT2D eigenvalue weighted by Gasteiger charge is 2.52. The Morgan fingerprint density at radius 2 is 1.81 bits per heavy atom. The van der Waals surface area contributed by atoms with Crippen molar-refractivity contribution < 1.29 is 18.8 Å². The summed E-state index contributed by atoms with van der Waals surface area (Å²) < 4.78 is 13.8. The Kier molecular flexibility index (Phi) is 7.88. The van der Waals surface area contributed by atoms with E-state index in [4.69, 9.17) is 0 Å². The molecule has 1 spiro atoms. The van der Waals surface area contributed by atoms with Crippen LogP contribution in [0.25, 0.3) is 0 Å². The van der Waals surface area contributed by atoms with Crippen molar-refractivity contribution >= 4 is 23.3 Å². The van der Waals surface area contributed by atoms with Gasteiger partial charge in [0.05, 0.1) is 12.0 Å². The van der Waals surface area contributed by atoms with Crippen LogP contribution >= 0.6 is 0 Å². The molecule has 2 aliphatic rings. The summed E-state index contributed by atoms with van der Waals surface area (Å²) in [6, 6.07) is 13.6. The number of Topliss-reactive ketones (excluding diaryl/α,β-unsaturated/α-hetero) is 1. The minimum Gasteiger partial charge on any atom is -0.339 e. The minimum atomic E-state index is -0.400. The highest BCUT2D eigenvalue weighted by Crippen LogP contribution is 2.45. The van der Waals surface area contributed by atoms with Gasteiger partial charge in [0.25, 0.3) is 0 Å². The number of carbonyl (C=O) groups excluding carboxylic acids is 3. The van der Waals surface area contributed by atoms with Crippen LogP contribution in [-0.2, 0) is 16.0 Å². The van der Waals surface area contributed by atoms with Crippen LogP contribution in [0.4, 0.5) is 10.1 Å². The molecule has 0 aromatic heterocycles. The lowest BCUT2D eigenvalue weighted by Crippen LogP contribution is -2.47. The molecule has 7 heteroatoms. The monoisotopic (exact) mass is 493 g/mol. The number of rotatable bonds is 8. The average Bonchev–Trinajstić information content (AvgIpc) is 3.06. The van der Waals surface area contributed by atoms with Crippen LogP contribution < -0.4 is 5.32 Å². The van der Waals surface area contributed by atoms with Crippen molar-refractivity contribution in [3.05, 3.63) is 65.5 Å². The topological polar surface area (TPSA) is 69.7 Å². The van der Waals surface area contributed by atoms with Crippen molar-refractivity contribution in [3.63, 3.8) is 0 Å². The highest BCUT2D eigenvalue weighted by atomic mass is 19.1. The van der Waals surface area contributed by atoms with Crippen LogP contribution in [0.2, 0.25) is 0 Å². The van der Waals surface area contributed by atoms with E-state index in [0.717, 1.165) is 24.8 Å². The first-order valence-electron chi connectivity index (χ1n) is 12.8. The zero-order valence-electron chi connectivity index (χ0n) is 21.4. The van der Waals surface area contributed by atoms with Gasteiger partial charge in [-0.2, -0.15) is 0 Å². The van der Waals surface area contributed by atoms with Gasteiger partial charge in [0, 0.05) is 23.8 Å². The van der Waals surface area contributed by atoms with Gasteiger partial charge in [-0.1, -0.05) is 26.0 Å².